The quantitative estimate of drug-likeness (QED) is 0.445. The fourth-order valence-electron chi connectivity index (χ4n) is 1.24. The van der Waals surface area contributed by atoms with Crippen molar-refractivity contribution in [3.63, 3.8) is 0 Å². The molecule has 0 aliphatic rings. The van der Waals surface area contributed by atoms with Crippen molar-refractivity contribution >= 4 is 0 Å². The summed E-state index contributed by atoms with van der Waals surface area (Å²) in [5.41, 5.74) is 2.46. The molecule has 13 heavy (non-hydrogen) atoms. The highest BCUT2D eigenvalue weighted by molar-refractivity contribution is 4.89. The van der Waals surface area contributed by atoms with Crippen LogP contribution in [-0.2, 0) is 0 Å². The molecule has 1 nitrogen and oxygen atoms in total. The Kier molecular flexibility index (Phi) is 7.47. The van der Waals surface area contributed by atoms with Crippen LogP contribution < -0.4 is 5.32 Å². The third kappa shape index (κ3) is 9.19. The molecule has 1 heteroatoms. The molecule has 0 aliphatic heterocycles. The van der Waals surface area contributed by atoms with Gasteiger partial charge in [0.1, 0.15) is 0 Å². The van der Waals surface area contributed by atoms with Gasteiger partial charge in [0.05, 0.1) is 0 Å². The molecule has 0 bridgehead atoms. The van der Waals surface area contributed by atoms with E-state index in [-0.39, 0.29) is 0 Å². The van der Waals surface area contributed by atoms with Crippen LogP contribution in [0, 0.1) is 0 Å². The Morgan fingerprint density at radius 3 is 2.00 bits per heavy atom. The lowest BCUT2D eigenvalue weighted by molar-refractivity contribution is 0.628. The largest absolute Gasteiger partial charge is 0.392 e. The summed E-state index contributed by atoms with van der Waals surface area (Å²) >= 11 is 0. The van der Waals surface area contributed by atoms with E-state index in [1.807, 2.05) is 7.05 Å². The maximum Gasteiger partial charge on any atom is 0.00310 e. The molecule has 0 saturated heterocycles. The van der Waals surface area contributed by atoms with E-state index >= 15 is 0 Å². The van der Waals surface area contributed by atoms with E-state index in [9.17, 15) is 0 Å². The van der Waals surface area contributed by atoms with Crippen LogP contribution in [0.2, 0.25) is 0 Å². The smallest absolute Gasteiger partial charge is 0.00310 e. The Bertz CT molecular complexity index is 159. The predicted octanol–water partition coefficient (Wildman–Crippen LogP) is 3.64. The normalized spacial score (nSPS) is 9.69. The fraction of sp³-hybridized carbons (Fsp3) is 0.667. The summed E-state index contributed by atoms with van der Waals surface area (Å²) in [6, 6.07) is 0. The highest BCUT2D eigenvalue weighted by Crippen LogP contribution is 2.10. The monoisotopic (exact) mass is 181 g/mol. The first-order chi connectivity index (χ1) is 6.16. The molecule has 1 N–H and O–H groups in total. The Hall–Kier alpha value is -0.720. The minimum Gasteiger partial charge on any atom is -0.392 e. The van der Waals surface area contributed by atoms with Crippen molar-refractivity contribution in [3.05, 3.63) is 24.4 Å². The van der Waals surface area contributed by atoms with Gasteiger partial charge in [-0.2, -0.15) is 0 Å². The summed E-state index contributed by atoms with van der Waals surface area (Å²) < 4.78 is 0. The molecule has 0 aromatic carbocycles. The molecule has 76 valence electrons. The summed E-state index contributed by atoms with van der Waals surface area (Å²) in [6.07, 6.45) is 7.49. The molecule has 0 rings (SSSR count). The number of rotatable bonds is 8. The molecule has 0 saturated carbocycles. The fourth-order valence-corrected chi connectivity index (χ4v) is 1.24. The number of hydrogen-bond acceptors (Lipinski definition) is 1. The van der Waals surface area contributed by atoms with E-state index in [2.05, 4.69) is 25.4 Å². The van der Waals surface area contributed by atoms with Gasteiger partial charge in [0, 0.05) is 12.7 Å². The van der Waals surface area contributed by atoms with Crippen LogP contribution in [-0.4, -0.2) is 7.05 Å². The van der Waals surface area contributed by atoms with E-state index in [1.54, 1.807) is 0 Å². The van der Waals surface area contributed by atoms with Crippen molar-refractivity contribution in [1.82, 2.24) is 5.32 Å². The first-order valence-electron chi connectivity index (χ1n) is 5.16. The van der Waals surface area contributed by atoms with Crippen LogP contribution in [0.5, 0.6) is 0 Å². The van der Waals surface area contributed by atoms with Crippen LogP contribution in [0.25, 0.3) is 0 Å². The summed E-state index contributed by atoms with van der Waals surface area (Å²) in [4.78, 5) is 0. The summed E-state index contributed by atoms with van der Waals surface area (Å²) in [5, 5.41) is 3.07. The van der Waals surface area contributed by atoms with Crippen LogP contribution in [0.4, 0.5) is 0 Å². The van der Waals surface area contributed by atoms with Gasteiger partial charge in [0.2, 0.25) is 0 Å². The Balaban J connectivity index is 3.08. The van der Waals surface area contributed by atoms with Gasteiger partial charge in [-0.25, -0.2) is 0 Å². The SMILES string of the molecule is C=C(C)CCCCCCC(=C)NC. The highest BCUT2D eigenvalue weighted by atomic mass is 14.8. The zero-order valence-corrected chi connectivity index (χ0v) is 9.16. The molecule has 0 spiro atoms. The first-order valence-corrected chi connectivity index (χ1v) is 5.16. The molecular formula is C12H23N. The molecule has 0 aliphatic carbocycles. The van der Waals surface area contributed by atoms with Crippen molar-refractivity contribution in [2.45, 2.75) is 45.4 Å². The van der Waals surface area contributed by atoms with Gasteiger partial charge in [0.15, 0.2) is 0 Å². The van der Waals surface area contributed by atoms with Crippen molar-refractivity contribution in [1.29, 1.82) is 0 Å². The Labute approximate surface area is 82.9 Å². The second kappa shape index (κ2) is 7.90. The predicted molar refractivity (Wildman–Crippen MR) is 60.7 cm³/mol. The Morgan fingerprint density at radius 1 is 1.00 bits per heavy atom. The van der Waals surface area contributed by atoms with Gasteiger partial charge in [-0.3, -0.25) is 0 Å². The first kappa shape index (κ1) is 12.3. The van der Waals surface area contributed by atoms with Gasteiger partial charge in [-0.05, 0) is 32.6 Å². The van der Waals surface area contributed by atoms with Crippen molar-refractivity contribution in [3.8, 4) is 0 Å². The van der Waals surface area contributed by atoms with Gasteiger partial charge < -0.3 is 5.32 Å². The van der Waals surface area contributed by atoms with Gasteiger partial charge >= 0.3 is 0 Å². The average molecular weight is 181 g/mol. The van der Waals surface area contributed by atoms with Crippen LogP contribution in [0.3, 0.4) is 0 Å². The van der Waals surface area contributed by atoms with E-state index < -0.39 is 0 Å². The number of hydrogen-bond donors (Lipinski definition) is 1. The average Bonchev–Trinajstić information content (AvgIpc) is 2.10. The standard InChI is InChI=1S/C12H23N/c1-11(2)9-7-5-6-8-10-12(3)13-4/h13H,1,3,5-10H2,2,4H3. The van der Waals surface area contributed by atoms with Gasteiger partial charge in [-0.1, -0.05) is 25.0 Å². The maximum atomic E-state index is 3.89. The molecule has 0 heterocycles. The molecule has 0 fully saturated rings. The molecule has 0 amide bonds. The second-order valence-electron chi connectivity index (χ2n) is 3.72. The van der Waals surface area contributed by atoms with Crippen molar-refractivity contribution in [2.24, 2.45) is 0 Å². The lowest BCUT2D eigenvalue weighted by atomic mass is 10.1. The molecular weight excluding hydrogens is 158 g/mol. The van der Waals surface area contributed by atoms with Gasteiger partial charge in [-0.15, -0.1) is 6.58 Å². The number of nitrogens with one attached hydrogen (secondary N) is 1. The zero-order chi connectivity index (χ0) is 10.1. The van der Waals surface area contributed by atoms with Gasteiger partial charge in [0.25, 0.3) is 0 Å². The van der Waals surface area contributed by atoms with E-state index in [4.69, 9.17) is 0 Å². The van der Waals surface area contributed by atoms with E-state index in [1.165, 1.54) is 37.7 Å². The van der Waals surface area contributed by atoms with Crippen LogP contribution >= 0.6 is 0 Å². The summed E-state index contributed by atoms with van der Waals surface area (Å²) in [7, 11) is 1.93. The lowest BCUT2D eigenvalue weighted by Crippen LogP contribution is -2.03. The third-order valence-electron chi connectivity index (χ3n) is 2.19. The highest BCUT2D eigenvalue weighted by Gasteiger charge is 1.92. The lowest BCUT2D eigenvalue weighted by Gasteiger charge is -2.04. The second-order valence-corrected chi connectivity index (χ2v) is 3.72. The zero-order valence-electron chi connectivity index (χ0n) is 9.16. The summed E-state index contributed by atoms with van der Waals surface area (Å²) in [6.45, 7) is 9.88. The Morgan fingerprint density at radius 2 is 1.54 bits per heavy atom. The number of allylic oxidation sites excluding steroid dienone is 2. The third-order valence-corrected chi connectivity index (χ3v) is 2.19. The maximum absolute atomic E-state index is 3.89. The molecule has 0 unspecified atom stereocenters. The van der Waals surface area contributed by atoms with Crippen molar-refractivity contribution in [2.75, 3.05) is 7.05 Å². The molecule has 0 aromatic heterocycles. The molecule has 0 atom stereocenters. The minimum atomic E-state index is 1.11. The van der Waals surface area contributed by atoms with Crippen molar-refractivity contribution < 1.29 is 0 Å². The van der Waals surface area contributed by atoms with E-state index in [0.717, 1.165) is 12.1 Å². The molecule has 0 aromatic rings. The number of unbranched alkanes of at least 4 members (excludes halogenated alkanes) is 3. The topological polar surface area (TPSA) is 12.0 Å². The minimum absolute atomic E-state index is 1.11. The summed E-state index contributed by atoms with van der Waals surface area (Å²) in [5.74, 6) is 0. The molecule has 0 radical (unpaired) electrons. The van der Waals surface area contributed by atoms with E-state index in [0.29, 0.717) is 0 Å². The van der Waals surface area contributed by atoms with Crippen LogP contribution in [0.15, 0.2) is 24.4 Å². The van der Waals surface area contributed by atoms with Crippen LogP contribution in [0.1, 0.15) is 45.4 Å².